The number of aliphatic hydroxyl groups excluding tert-OH is 1. The van der Waals surface area contributed by atoms with Gasteiger partial charge in [-0.05, 0) is 18.4 Å². The van der Waals surface area contributed by atoms with Crippen LogP contribution in [0.15, 0.2) is 35.7 Å². The summed E-state index contributed by atoms with van der Waals surface area (Å²) in [7, 11) is 0. The molecule has 1 aromatic carbocycles. The molecule has 1 aliphatic heterocycles. The van der Waals surface area contributed by atoms with E-state index in [1.165, 1.54) is 16.9 Å². The first-order valence-electron chi connectivity index (χ1n) is 8.26. The van der Waals surface area contributed by atoms with Crippen molar-refractivity contribution >= 4 is 17.2 Å². The minimum atomic E-state index is 0.00571. The van der Waals surface area contributed by atoms with Gasteiger partial charge in [-0.2, -0.15) is 0 Å². The number of hydrogen-bond acceptors (Lipinski definition) is 5. The molecule has 1 N–H and O–H groups in total. The number of rotatable bonds is 6. The van der Waals surface area contributed by atoms with Crippen LogP contribution in [0, 0.1) is 0 Å². The number of aromatic nitrogens is 1. The van der Waals surface area contributed by atoms with E-state index >= 15 is 0 Å². The van der Waals surface area contributed by atoms with E-state index in [9.17, 15) is 4.79 Å². The van der Waals surface area contributed by atoms with Crippen LogP contribution < -0.4 is 0 Å². The quantitative estimate of drug-likeness (QED) is 0.872. The van der Waals surface area contributed by atoms with Gasteiger partial charge in [0.05, 0.1) is 24.3 Å². The molecule has 1 saturated heterocycles. The van der Waals surface area contributed by atoms with E-state index in [1.807, 2.05) is 28.5 Å². The van der Waals surface area contributed by atoms with E-state index in [4.69, 9.17) is 9.84 Å². The molecule has 1 amide bonds. The zero-order chi connectivity index (χ0) is 16.8. The van der Waals surface area contributed by atoms with Crippen LogP contribution in [-0.4, -0.2) is 53.3 Å². The van der Waals surface area contributed by atoms with Crippen LogP contribution in [0.1, 0.15) is 33.9 Å². The second-order valence-corrected chi connectivity index (χ2v) is 6.82. The summed E-state index contributed by atoms with van der Waals surface area (Å²) in [5, 5.41) is 11.6. The lowest BCUT2D eigenvalue weighted by atomic mass is 10.1. The van der Waals surface area contributed by atoms with Crippen molar-refractivity contribution in [1.82, 2.24) is 9.88 Å². The van der Waals surface area contributed by atoms with Crippen molar-refractivity contribution in [3.63, 3.8) is 0 Å². The Morgan fingerprint density at radius 2 is 2.04 bits per heavy atom. The summed E-state index contributed by atoms with van der Waals surface area (Å²) in [6.07, 6.45) is 2.53. The van der Waals surface area contributed by atoms with Crippen molar-refractivity contribution in [2.24, 2.45) is 0 Å². The predicted octanol–water partition coefficient (Wildman–Crippen LogP) is 2.35. The Kier molecular flexibility index (Phi) is 5.96. The summed E-state index contributed by atoms with van der Waals surface area (Å²) in [6.45, 7) is 1.77. The number of amides is 1. The predicted molar refractivity (Wildman–Crippen MR) is 93.3 cm³/mol. The first-order chi connectivity index (χ1) is 11.8. The Hall–Kier alpha value is -1.76. The van der Waals surface area contributed by atoms with Gasteiger partial charge in [0.25, 0.3) is 5.91 Å². The average Bonchev–Trinajstić information content (AvgIpc) is 3.09. The second kappa shape index (κ2) is 8.37. The number of aliphatic hydroxyl groups is 1. The molecule has 0 saturated carbocycles. The van der Waals surface area contributed by atoms with Gasteiger partial charge in [0, 0.05) is 24.9 Å². The van der Waals surface area contributed by atoms with E-state index in [0.717, 1.165) is 24.3 Å². The number of thiazole rings is 1. The molecular formula is C18H22N2O3S. The molecule has 2 heterocycles. The van der Waals surface area contributed by atoms with E-state index < -0.39 is 0 Å². The van der Waals surface area contributed by atoms with Crippen LogP contribution in [0.4, 0.5) is 0 Å². The number of nitrogens with zero attached hydrogens (tertiary/aromatic N) is 2. The molecule has 6 heteroatoms. The number of hydrogen-bond donors (Lipinski definition) is 1. The summed E-state index contributed by atoms with van der Waals surface area (Å²) in [6, 6.07) is 10.2. The Balaban J connectivity index is 1.54. The van der Waals surface area contributed by atoms with Crippen LogP contribution in [0.25, 0.3) is 0 Å². The molecule has 0 unspecified atom stereocenters. The Bertz CT molecular complexity index is 651. The molecule has 1 aliphatic rings. The summed E-state index contributed by atoms with van der Waals surface area (Å²) in [5.41, 5.74) is 1.74. The van der Waals surface area contributed by atoms with Crippen molar-refractivity contribution in [3.8, 4) is 0 Å². The SMILES string of the molecule is O=C(c1csc(Cc2ccccc2)n1)N1CCC(OCCO)CC1. The summed E-state index contributed by atoms with van der Waals surface area (Å²) in [4.78, 5) is 18.9. The molecule has 0 bridgehead atoms. The maximum atomic E-state index is 12.6. The molecule has 1 fully saturated rings. The monoisotopic (exact) mass is 346 g/mol. The van der Waals surface area contributed by atoms with Gasteiger partial charge in [-0.15, -0.1) is 11.3 Å². The van der Waals surface area contributed by atoms with Crippen molar-refractivity contribution in [2.45, 2.75) is 25.4 Å². The fourth-order valence-electron chi connectivity index (χ4n) is 2.87. The number of piperidine rings is 1. The van der Waals surface area contributed by atoms with Gasteiger partial charge in [0.1, 0.15) is 5.69 Å². The lowest BCUT2D eigenvalue weighted by Crippen LogP contribution is -2.41. The number of carbonyl (C=O) groups excluding carboxylic acids is 1. The maximum absolute atomic E-state index is 12.6. The Morgan fingerprint density at radius 3 is 2.75 bits per heavy atom. The third-order valence-corrected chi connectivity index (χ3v) is 4.99. The Labute approximate surface area is 145 Å². The van der Waals surface area contributed by atoms with E-state index in [-0.39, 0.29) is 18.6 Å². The number of carbonyl (C=O) groups is 1. The molecule has 2 aromatic rings. The minimum absolute atomic E-state index is 0.00571. The average molecular weight is 346 g/mol. The van der Waals surface area contributed by atoms with Crippen LogP contribution in [0.5, 0.6) is 0 Å². The minimum Gasteiger partial charge on any atom is -0.394 e. The standard InChI is InChI=1S/C18H22N2O3S/c21-10-11-23-15-6-8-20(9-7-15)18(22)16-13-24-17(19-16)12-14-4-2-1-3-5-14/h1-5,13,15,21H,6-12H2. The zero-order valence-corrected chi connectivity index (χ0v) is 14.4. The molecule has 5 nitrogen and oxygen atoms in total. The molecule has 24 heavy (non-hydrogen) atoms. The third kappa shape index (κ3) is 4.41. The van der Waals surface area contributed by atoms with Crippen LogP contribution in [-0.2, 0) is 11.2 Å². The van der Waals surface area contributed by atoms with Crippen molar-refractivity contribution in [1.29, 1.82) is 0 Å². The van der Waals surface area contributed by atoms with Gasteiger partial charge < -0.3 is 14.7 Å². The highest BCUT2D eigenvalue weighted by Gasteiger charge is 2.25. The molecule has 0 atom stereocenters. The first-order valence-corrected chi connectivity index (χ1v) is 9.14. The van der Waals surface area contributed by atoms with E-state index in [0.29, 0.717) is 25.4 Å². The number of benzene rings is 1. The molecular weight excluding hydrogens is 324 g/mol. The van der Waals surface area contributed by atoms with Gasteiger partial charge in [-0.25, -0.2) is 4.98 Å². The second-order valence-electron chi connectivity index (χ2n) is 5.87. The lowest BCUT2D eigenvalue weighted by molar-refractivity contribution is -0.00563. The topological polar surface area (TPSA) is 62.7 Å². The highest BCUT2D eigenvalue weighted by Crippen LogP contribution is 2.19. The third-order valence-electron chi connectivity index (χ3n) is 4.14. The van der Waals surface area contributed by atoms with E-state index in [1.54, 1.807) is 0 Å². The molecule has 0 spiro atoms. The fourth-order valence-corrected chi connectivity index (χ4v) is 3.67. The Morgan fingerprint density at radius 1 is 1.29 bits per heavy atom. The van der Waals surface area contributed by atoms with Crippen molar-refractivity contribution < 1.29 is 14.6 Å². The molecule has 0 radical (unpaired) electrons. The van der Waals surface area contributed by atoms with Gasteiger partial charge in [0.2, 0.25) is 0 Å². The van der Waals surface area contributed by atoms with Gasteiger partial charge >= 0.3 is 0 Å². The first kappa shape index (κ1) is 17.1. The fraction of sp³-hybridized carbons (Fsp3) is 0.444. The van der Waals surface area contributed by atoms with Gasteiger partial charge in [0.15, 0.2) is 0 Å². The van der Waals surface area contributed by atoms with Gasteiger partial charge in [-0.1, -0.05) is 30.3 Å². The zero-order valence-electron chi connectivity index (χ0n) is 13.6. The molecule has 1 aromatic heterocycles. The lowest BCUT2D eigenvalue weighted by Gasteiger charge is -2.31. The summed E-state index contributed by atoms with van der Waals surface area (Å²) < 4.78 is 5.53. The molecule has 128 valence electrons. The molecule has 3 rings (SSSR count). The normalized spacial score (nSPS) is 15.6. The number of ether oxygens (including phenoxy) is 1. The molecule has 0 aliphatic carbocycles. The van der Waals surface area contributed by atoms with Gasteiger partial charge in [-0.3, -0.25) is 4.79 Å². The van der Waals surface area contributed by atoms with Crippen LogP contribution >= 0.6 is 11.3 Å². The highest BCUT2D eigenvalue weighted by molar-refractivity contribution is 7.09. The van der Waals surface area contributed by atoms with Crippen LogP contribution in [0.3, 0.4) is 0 Å². The van der Waals surface area contributed by atoms with E-state index in [2.05, 4.69) is 17.1 Å². The highest BCUT2D eigenvalue weighted by atomic mass is 32.1. The maximum Gasteiger partial charge on any atom is 0.273 e. The summed E-state index contributed by atoms with van der Waals surface area (Å²) in [5.74, 6) is 0.00571. The number of likely N-dealkylation sites (tertiary alicyclic amines) is 1. The van der Waals surface area contributed by atoms with Crippen molar-refractivity contribution in [3.05, 3.63) is 52.0 Å². The summed E-state index contributed by atoms with van der Waals surface area (Å²) >= 11 is 1.54. The smallest absolute Gasteiger partial charge is 0.273 e. The van der Waals surface area contributed by atoms with Crippen molar-refractivity contribution in [2.75, 3.05) is 26.3 Å². The van der Waals surface area contributed by atoms with Crippen LogP contribution in [0.2, 0.25) is 0 Å². The largest absolute Gasteiger partial charge is 0.394 e.